The summed E-state index contributed by atoms with van der Waals surface area (Å²) in [5.41, 5.74) is 0.418. The Morgan fingerprint density at radius 2 is 2.15 bits per heavy atom. The van der Waals surface area contributed by atoms with E-state index in [1.807, 2.05) is 0 Å². The fourth-order valence-electron chi connectivity index (χ4n) is 1.80. The third kappa shape index (κ3) is 3.35. The zero-order chi connectivity index (χ0) is 14.9. The lowest BCUT2D eigenvalue weighted by atomic mass is 10.1. The summed E-state index contributed by atoms with van der Waals surface area (Å²) in [5.74, 6) is -0.881. The predicted molar refractivity (Wildman–Crippen MR) is 75.3 cm³/mol. The molecule has 0 spiro atoms. The van der Waals surface area contributed by atoms with Crippen molar-refractivity contribution in [2.75, 3.05) is 11.9 Å². The zero-order valence-electron chi connectivity index (χ0n) is 10.2. The van der Waals surface area contributed by atoms with Crippen LogP contribution in [0.2, 0.25) is 0 Å². The number of benzene rings is 1. The standard InChI is InChI=1S/C11H12BrN3O4S/c12-8-4-7(20(13,18)19)1-2-9(8)15-11(17)6-3-10(16)14-5-6/h1-2,4,6H,3,5H2,(H,14,16)(H,15,17)(H2,13,18,19). The van der Waals surface area contributed by atoms with Gasteiger partial charge in [-0.15, -0.1) is 0 Å². The summed E-state index contributed by atoms with van der Waals surface area (Å²) in [6, 6.07) is 4.04. The first-order valence-corrected chi connectivity index (χ1v) is 8.01. The highest BCUT2D eigenvalue weighted by molar-refractivity contribution is 9.10. The molecular weight excluding hydrogens is 350 g/mol. The highest BCUT2D eigenvalue weighted by atomic mass is 79.9. The number of primary sulfonamides is 1. The Kier molecular flexibility index (Phi) is 4.11. The number of rotatable bonds is 3. The van der Waals surface area contributed by atoms with Crippen LogP contribution in [-0.2, 0) is 19.6 Å². The third-order valence-electron chi connectivity index (χ3n) is 2.88. The molecule has 0 saturated carbocycles. The summed E-state index contributed by atoms with van der Waals surface area (Å²) < 4.78 is 22.8. The molecule has 4 N–H and O–H groups in total. The van der Waals surface area contributed by atoms with Gasteiger partial charge in [0.05, 0.1) is 16.5 Å². The number of nitrogens with two attached hydrogens (primary N) is 1. The van der Waals surface area contributed by atoms with Crippen molar-refractivity contribution in [1.82, 2.24) is 5.32 Å². The van der Waals surface area contributed by atoms with Crippen LogP contribution in [0.3, 0.4) is 0 Å². The Morgan fingerprint density at radius 1 is 1.45 bits per heavy atom. The van der Waals surface area contributed by atoms with Gasteiger partial charge >= 0.3 is 0 Å². The molecule has 7 nitrogen and oxygen atoms in total. The largest absolute Gasteiger partial charge is 0.355 e. The van der Waals surface area contributed by atoms with E-state index in [4.69, 9.17) is 5.14 Å². The van der Waals surface area contributed by atoms with Crippen molar-refractivity contribution in [3.05, 3.63) is 22.7 Å². The molecule has 1 saturated heterocycles. The number of carbonyl (C=O) groups is 2. The minimum absolute atomic E-state index is 0.0555. The van der Waals surface area contributed by atoms with Crippen LogP contribution in [0, 0.1) is 5.92 Å². The average molecular weight is 362 g/mol. The van der Waals surface area contributed by atoms with Gasteiger partial charge < -0.3 is 10.6 Å². The molecule has 1 aromatic carbocycles. The van der Waals surface area contributed by atoms with Crippen molar-refractivity contribution in [2.45, 2.75) is 11.3 Å². The number of amides is 2. The topological polar surface area (TPSA) is 118 Å². The molecule has 1 atom stereocenters. The molecule has 20 heavy (non-hydrogen) atoms. The summed E-state index contributed by atoms with van der Waals surface area (Å²) in [6.45, 7) is 0.303. The van der Waals surface area contributed by atoms with Gasteiger partial charge in [0.15, 0.2) is 0 Å². The number of sulfonamides is 1. The molecule has 2 amide bonds. The highest BCUT2D eigenvalue weighted by Gasteiger charge is 2.28. The van der Waals surface area contributed by atoms with Crippen LogP contribution in [0.5, 0.6) is 0 Å². The van der Waals surface area contributed by atoms with E-state index in [1.54, 1.807) is 0 Å². The smallest absolute Gasteiger partial charge is 0.238 e. The first-order chi connectivity index (χ1) is 9.27. The van der Waals surface area contributed by atoms with E-state index in [2.05, 4.69) is 26.6 Å². The van der Waals surface area contributed by atoms with Crippen LogP contribution in [0.15, 0.2) is 27.6 Å². The maximum atomic E-state index is 11.9. The molecule has 1 heterocycles. The van der Waals surface area contributed by atoms with E-state index in [0.29, 0.717) is 16.7 Å². The zero-order valence-corrected chi connectivity index (χ0v) is 12.6. The average Bonchev–Trinajstić information content (AvgIpc) is 2.77. The fraction of sp³-hybridized carbons (Fsp3) is 0.273. The first-order valence-electron chi connectivity index (χ1n) is 5.67. The molecule has 0 aromatic heterocycles. The lowest BCUT2D eigenvalue weighted by Gasteiger charge is -2.11. The maximum Gasteiger partial charge on any atom is 0.238 e. The van der Waals surface area contributed by atoms with Crippen molar-refractivity contribution in [1.29, 1.82) is 0 Å². The van der Waals surface area contributed by atoms with Crippen LogP contribution in [0.4, 0.5) is 5.69 Å². The Balaban J connectivity index is 2.14. The molecule has 0 radical (unpaired) electrons. The van der Waals surface area contributed by atoms with Gasteiger partial charge in [-0.1, -0.05) is 0 Å². The molecule has 9 heteroatoms. The van der Waals surface area contributed by atoms with Gasteiger partial charge in [0.2, 0.25) is 21.8 Å². The Hall–Kier alpha value is -1.45. The number of halogens is 1. The van der Waals surface area contributed by atoms with Gasteiger partial charge in [-0.05, 0) is 34.1 Å². The van der Waals surface area contributed by atoms with Gasteiger partial charge in [-0.2, -0.15) is 0 Å². The monoisotopic (exact) mass is 361 g/mol. The Labute approximate surface area is 124 Å². The number of hydrogen-bond acceptors (Lipinski definition) is 4. The molecule has 1 aliphatic heterocycles. The quantitative estimate of drug-likeness (QED) is 0.710. The normalized spacial score (nSPS) is 18.7. The maximum absolute atomic E-state index is 11.9. The second-order valence-corrected chi connectivity index (χ2v) is 6.80. The molecule has 0 aliphatic carbocycles. The van der Waals surface area contributed by atoms with Crippen LogP contribution in [-0.4, -0.2) is 26.8 Å². The second kappa shape index (κ2) is 5.51. The molecular formula is C11H12BrN3O4S. The first kappa shape index (κ1) is 14.9. The SMILES string of the molecule is NS(=O)(=O)c1ccc(NC(=O)C2CNC(=O)C2)c(Br)c1. The van der Waals surface area contributed by atoms with Gasteiger partial charge in [0, 0.05) is 17.4 Å². The van der Waals surface area contributed by atoms with E-state index in [0.717, 1.165) is 0 Å². The van der Waals surface area contributed by atoms with Gasteiger partial charge in [-0.25, -0.2) is 13.6 Å². The third-order valence-corrected chi connectivity index (χ3v) is 4.44. The summed E-state index contributed by atoms with van der Waals surface area (Å²) >= 11 is 3.17. The number of anilines is 1. The van der Waals surface area contributed by atoms with Crippen molar-refractivity contribution in [3.8, 4) is 0 Å². The van der Waals surface area contributed by atoms with Crippen LogP contribution in [0.25, 0.3) is 0 Å². The minimum atomic E-state index is -3.79. The molecule has 1 fully saturated rings. The van der Waals surface area contributed by atoms with E-state index in [1.165, 1.54) is 18.2 Å². The van der Waals surface area contributed by atoms with E-state index in [-0.39, 0.29) is 23.1 Å². The Morgan fingerprint density at radius 3 is 2.65 bits per heavy atom. The van der Waals surface area contributed by atoms with E-state index in [9.17, 15) is 18.0 Å². The lowest BCUT2D eigenvalue weighted by Crippen LogP contribution is -2.25. The predicted octanol–water partition coefficient (Wildman–Crippen LogP) is 0.171. The highest BCUT2D eigenvalue weighted by Crippen LogP contribution is 2.26. The van der Waals surface area contributed by atoms with Crippen molar-refractivity contribution in [3.63, 3.8) is 0 Å². The molecule has 1 aliphatic rings. The second-order valence-electron chi connectivity index (χ2n) is 4.38. The molecule has 1 aromatic rings. The molecule has 2 rings (SSSR count). The summed E-state index contributed by atoms with van der Waals surface area (Å²) in [4.78, 5) is 22.9. The van der Waals surface area contributed by atoms with Crippen LogP contribution in [0.1, 0.15) is 6.42 Å². The molecule has 0 bridgehead atoms. The summed E-state index contributed by atoms with van der Waals surface area (Å²) in [5, 5.41) is 10.2. The number of nitrogens with one attached hydrogen (secondary N) is 2. The van der Waals surface area contributed by atoms with Crippen molar-refractivity contribution >= 4 is 43.5 Å². The van der Waals surface area contributed by atoms with Crippen molar-refractivity contribution in [2.24, 2.45) is 11.1 Å². The fourth-order valence-corrected chi connectivity index (χ4v) is 2.97. The lowest BCUT2D eigenvalue weighted by molar-refractivity contribution is -0.123. The van der Waals surface area contributed by atoms with Crippen molar-refractivity contribution < 1.29 is 18.0 Å². The van der Waals surface area contributed by atoms with Gasteiger partial charge in [-0.3, -0.25) is 9.59 Å². The van der Waals surface area contributed by atoms with Gasteiger partial charge in [0.1, 0.15) is 0 Å². The summed E-state index contributed by atoms with van der Waals surface area (Å²) in [7, 11) is -3.79. The summed E-state index contributed by atoms with van der Waals surface area (Å²) in [6.07, 6.45) is 0.152. The number of hydrogen-bond donors (Lipinski definition) is 3. The van der Waals surface area contributed by atoms with E-state index < -0.39 is 15.9 Å². The minimum Gasteiger partial charge on any atom is -0.355 e. The molecule has 108 valence electrons. The van der Waals surface area contributed by atoms with Gasteiger partial charge in [0.25, 0.3) is 0 Å². The van der Waals surface area contributed by atoms with E-state index >= 15 is 0 Å². The van der Waals surface area contributed by atoms with Crippen LogP contribution >= 0.6 is 15.9 Å². The molecule has 1 unspecified atom stereocenters. The van der Waals surface area contributed by atoms with Crippen LogP contribution < -0.4 is 15.8 Å². The number of carbonyl (C=O) groups excluding carboxylic acids is 2. The Bertz CT molecular complexity index is 674.